The summed E-state index contributed by atoms with van der Waals surface area (Å²) >= 11 is 0. The molecule has 0 spiro atoms. The molecule has 0 aromatic heterocycles. The van der Waals surface area contributed by atoms with Crippen LogP contribution in [0.3, 0.4) is 0 Å². The van der Waals surface area contributed by atoms with Crippen molar-refractivity contribution in [2.45, 2.75) is 0 Å². The Morgan fingerprint density at radius 2 is 1.73 bits per heavy atom. The van der Waals surface area contributed by atoms with Crippen LogP contribution < -0.4 is 9.64 Å². The summed E-state index contributed by atoms with van der Waals surface area (Å²) in [5.74, 6) is 0.974. The van der Waals surface area contributed by atoms with Crippen LogP contribution in [0.1, 0.15) is 0 Å². The standard InChI is InChI=1S/C12H18N2O/c1-13-7-9-14(10-8-13)11-5-3-4-6-12(11)15-2/h3-6H,7-10H2,1-2H3. The molecule has 1 aromatic rings. The molecule has 1 saturated heterocycles. The lowest BCUT2D eigenvalue weighted by atomic mass is 10.2. The predicted octanol–water partition coefficient (Wildman–Crippen LogP) is 1.45. The molecular formula is C12H18N2O. The maximum atomic E-state index is 5.37. The monoisotopic (exact) mass is 206 g/mol. The van der Waals surface area contributed by atoms with Gasteiger partial charge in [0.25, 0.3) is 0 Å². The Kier molecular flexibility index (Phi) is 3.11. The van der Waals surface area contributed by atoms with E-state index in [0.717, 1.165) is 31.9 Å². The fourth-order valence-electron chi connectivity index (χ4n) is 1.94. The second-order valence-corrected chi connectivity index (χ2v) is 3.96. The Labute approximate surface area is 91.2 Å². The van der Waals surface area contributed by atoms with Crippen molar-refractivity contribution >= 4 is 5.69 Å². The van der Waals surface area contributed by atoms with Gasteiger partial charge in [0.1, 0.15) is 5.75 Å². The molecule has 0 amide bonds. The zero-order chi connectivity index (χ0) is 10.7. The highest BCUT2D eigenvalue weighted by Crippen LogP contribution is 2.27. The van der Waals surface area contributed by atoms with Crippen LogP contribution in [-0.4, -0.2) is 45.2 Å². The van der Waals surface area contributed by atoms with Gasteiger partial charge in [-0.2, -0.15) is 0 Å². The number of anilines is 1. The van der Waals surface area contributed by atoms with E-state index in [-0.39, 0.29) is 0 Å². The minimum atomic E-state index is 0.974. The van der Waals surface area contributed by atoms with E-state index in [1.165, 1.54) is 5.69 Å². The van der Waals surface area contributed by atoms with Gasteiger partial charge in [0.05, 0.1) is 12.8 Å². The average Bonchev–Trinajstić information content (AvgIpc) is 2.30. The highest BCUT2D eigenvalue weighted by Gasteiger charge is 2.16. The van der Waals surface area contributed by atoms with E-state index in [2.05, 4.69) is 29.0 Å². The van der Waals surface area contributed by atoms with E-state index in [4.69, 9.17) is 4.74 Å². The average molecular weight is 206 g/mol. The summed E-state index contributed by atoms with van der Waals surface area (Å²) in [5, 5.41) is 0. The molecule has 0 N–H and O–H groups in total. The summed E-state index contributed by atoms with van der Waals surface area (Å²) in [7, 11) is 3.90. The molecule has 0 radical (unpaired) electrons. The van der Waals surface area contributed by atoms with Crippen LogP contribution in [0.4, 0.5) is 5.69 Å². The number of rotatable bonds is 2. The summed E-state index contributed by atoms with van der Waals surface area (Å²) in [6, 6.07) is 8.23. The minimum absolute atomic E-state index is 0.974. The van der Waals surface area contributed by atoms with Crippen LogP contribution in [0.5, 0.6) is 5.75 Å². The van der Waals surface area contributed by atoms with E-state index in [0.29, 0.717) is 0 Å². The molecule has 3 heteroatoms. The van der Waals surface area contributed by atoms with Gasteiger partial charge < -0.3 is 14.5 Å². The molecule has 82 valence electrons. The van der Waals surface area contributed by atoms with Gasteiger partial charge in [-0.1, -0.05) is 12.1 Å². The third kappa shape index (κ3) is 2.23. The maximum Gasteiger partial charge on any atom is 0.142 e. The zero-order valence-corrected chi connectivity index (χ0v) is 9.44. The van der Waals surface area contributed by atoms with E-state index < -0.39 is 0 Å². The van der Waals surface area contributed by atoms with Crippen LogP contribution in [0.15, 0.2) is 24.3 Å². The van der Waals surface area contributed by atoms with Crippen molar-refractivity contribution < 1.29 is 4.74 Å². The molecule has 1 fully saturated rings. The van der Waals surface area contributed by atoms with Gasteiger partial charge in [0.15, 0.2) is 0 Å². The molecule has 0 aliphatic carbocycles. The molecule has 0 atom stereocenters. The van der Waals surface area contributed by atoms with Crippen molar-refractivity contribution in [1.82, 2.24) is 4.90 Å². The van der Waals surface area contributed by atoms with Crippen molar-refractivity contribution in [2.75, 3.05) is 45.2 Å². The lowest BCUT2D eigenvalue weighted by Crippen LogP contribution is -2.44. The number of hydrogen-bond donors (Lipinski definition) is 0. The lowest BCUT2D eigenvalue weighted by molar-refractivity contribution is 0.311. The molecule has 3 nitrogen and oxygen atoms in total. The molecule has 2 rings (SSSR count). The number of ether oxygens (including phenoxy) is 1. The number of likely N-dealkylation sites (N-methyl/N-ethyl adjacent to an activating group) is 1. The lowest BCUT2D eigenvalue weighted by Gasteiger charge is -2.34. The topological polar surface area (TPSA) is 15.7 Å². The third-order valence-electron chi connectivity index (χ3n) is 2.93. The first-order valence-corrected chi connectivity index (χ1v) is 5.38. The normalized spacial score (nSPS) is 17.9. The molecule has 1 aliphatic heterocycles. The summed E-state index contributed by atoms with van der Waals surface area (Å²) in [6.07, 6.45) is 0. The first-order valence-electron chi connectivity index (χ1n) is 5.38. The summed E-state index contributed by atoms with van der Waals surface area (Å²) in [6.45, 7) is 4.41. The van der Waals surface area contributed by atoms with E-state index in [1.807, 2.05) is 12.1 Å². The third-order valence-corrected chi connectivity index (χ3v) is 2.93. The maximum absolute atomic E-state index is 5.37. The Morgan fingerprint density at radius 3 is 2.40 bits per heavy atom. The summed E-state index contributed by atoms with van der Waals surface area (Å²) in [5.41, 5.74) is 1.22. The van der Waals surface area contributed by atoms with E-state index in [9.17, 15) is 0 Å². The second kappa shape index (κ2) is 4.53. The quantitative estimate of drug-likeness (QED) is 0.728. The van der Waals surface area contributed by atoms with Crippen LogP contribution in [0.2, 0.25) is 0 Å². The number of benzene rings is 1. The fraction of sp³-hybridized carbons (Fsp3) is 0.500. The van der Waals surface area contributed by atoms with E-state index >= 15 is 0 Å². The predicted molar refractivity (Wildman–Crippen MR) is 62.7 cm³/mol. The molecule has 1 aliphatic rings. The highest BCUT2D eigenvalue weighted by atomic mass is 16.5. The molecule has 1 heterocycles. The van der Waals surface area contributed by atoms with Crippen molar-refractivity contribution in [3.05, 3.63) is 24.3 Å². The van der Waals surface area contributed by atoms with Gasteiger partial charge in [0.2, 0.25) is 0 Å². The first kappa shape index (κ1) is 10.3. The molecule has 0 bridgehead atoms. The van der Waals surface area contributed by atoms with Crippen LogP contribution in [0.25, 0.3) is 0 Å². The fourth-order valence-corrected chi connectivity index (χ4v) is 1.94. The van der Waals surface area contributed by atoms with Gasteiger partial charge in [-0.05, 0) is 19.2 Å². The van der Waals surface area contributed by atoms with Crippen molar-refractivity contribution in [3.63, 3.8) is 0 Å². The van der Waals surface area contributed by atoms with Gasteiger partial charge in [-0.25, -0.2) is 0 Å². The van der Waals surface area contributed by atoms with Gasteiger partial charge in [-0.3, -0.25) is 0 Å². The molecule has 1 aromatic carbocycles. The largest absolute Gasteiger partial charge is 0.495 e. The van der Waals surface area contributed by atoms with Crippen LogP contribution >= 0.6 is 0 Å². The molecule has 15 heavy (non-hydrogen) atoms. The van der Waals surface area contributed by atoms with Crippen LogP contribution in [0, 0.1) is 0 Å². The smallest absolute Gasteiger partial charge is 0.142 e. The second-order valence-electron chi connectivity index (χ2n) is 3.96. The Hall–Kier alpha value is -1.22. The van der Waals surface area contributed by atoms with Crippen molar-refractivity contribution in [1.29, 1.82) is 0 Å². The highest BCUT2D eigenvalue weighted by molar-refractivity contribution is 5.58. The summed E-state index contributed by atoms with van der Waals surface area (Å²) in [4.78, 5) is 4.74. The van der Waals surface area contributed by atoms with Crippen molar-refractivity contribution in [2.24, 2.45) is 0 Å². The zero-order valence-electron chi connectivity index (χ0n) is 9.44. The Balaban J connectivity index is 2.15. The molecule has 0 unspecified atom stereocenters. The molecular weight excluding hydrogens is 188 g/mol. The Bertz CT molecular complexity index is 319. The molecule has 0 saturated carbocycles. The van der Waals surface area contributed by atoms with Gasteiger partial charge >= 0.3 is 0 Å². The van der Waals surface area contributed by atoms with Crippen molar-refractivity contribution in [3.8, 4) is 5.75 Å². The minimum Gasteiger partial charge on any atom is -0.495 e. The number of nitrogens with zero attached hydrogens (tertiary/aromatic N) is 2. The van der Waals surface area contributed by atoms with E-state index in [1.54, 1.807) is 7.11 Å². The van der Waals surface area contributed by atoms with Crippen LogP contribution in [-0.2, 0) is 0 Å². The SMILES string of the molecule is COc1ccccc1N1CCN(C)CC1. The Morgan fingerprint density at radius 1 is 1.07 bits per heavy atom. The number of hydrogen-bond acceptors (Lipinski definition) is 3. The van der Waals surface area contributed by atoms with Gasteiger partial charge in [-0.15, -0.1) is 0 Å². The first-order chi connectivity index (χ1) is 7.31. The summed E-state index contributed by atoms with van der Waals surface area (Å²) < 4.78 is 5.37. The van der Waals surface area contributed by atoms with Gasteiger partial charge in [0, 0.05) is 26.2 Å². The number of methoxy groups -OCH3 is 1. The number of para-hydroxylation sites is 2. The number of piperazine rings is 1.